The Morgan fingerprint density at radius 2 is 0.952 bits per heavy atom. The summed E-state index contributed by atoms with van der Waals surface area (Å²) in [5.41, 5.74) is 0. The van der Waals surface area contributed by atoms with E-state index in [4.69, 9.17) is 0 Å². The van der Waals surface area contributed by atoms with Crippen molar-refractivity contribution in [2.24, 2.45) is 0 Å². The second kappa shape index (κ2) is 17.3. The van der Waals surface area contributed by atoms with Crippen molar-refractivity contribution < 1.29 is 21.5 Å². The molecule has 0 N–H and O–H groups in total. The average Bonchev–Trinajstić information content (AvgIpc) is 2.46. The maximum absolute atomic E-state index is 3.59. The lowest BCUT2D eigenvalue weighted by Crippen LogP contribution is -3.00. The predicted octanol–water partition coefficient (Wildman–Crippen LogP) is 3.16. The van der Waals surface area contributed by atoms with E-state index in [-0.39, 0.29) is 17.0 Å². The van der Waals surface area contributed by atoms with Gasteiger partial charge >= 0.3 is 0 Å². The molecule has 0 aromatic carbocycles. The van der Waals surface area contributed by atoms with Crippen molar-refractivity contribution in [2.45, 2.75) is 85.0 Å². The molecule has 0 saturated heterocycles. The van der Waals surface area contributed by atoms with E-state index >= 15 is 0 Å². The smallest absolute Gasteiger partial charge is 0.0786 e. The van der Waals surface area contributed by atoms with Gasteiger partial charge in [-0.1, -0.05) is 56.0 Å². The fraction of sp³-hybridized carbons (Fsp3) is 1.00. The molecule has 0 spiro atoms. The van der Waals surface area contributed by atoms with Crippen LogP contribution in [0.1, 0.15) is 85.0 Å². The first-order chi connectivity index (χ1) is 9.74. The maximum Gasteiger partial charge on any atom is 0.0786 e. The van der Waals surface area contributed by atoms with Gasteiger partial charge < -0.3 is 21.5 Å². The van der Waals surface area contributed by atoms with Crippen molar-refractivity contribution in [3.8, 4) is 0 Å². The summed E-state index contributed by atoms with van der Waals surface area (Å²) in [6.07, 6.45) is 13.9. The Kier molecular flexibility index (Phi) is 19.9. The number of unbranched alkanes of at least 4 members (excludes halogenated alkanes) is 6. The number of hydrogen-bond donors (Lipinski definition) is 0. The molecule has 3 heteroatoms. The molecule has 0 unspecified atom stereocenters. The lowest BCUT2D eigenvalue weighted by atomic mass is 10.1. The van der Waals surface area contributed by atoms with E-state index in [0.29, 0.717) is 0 Å². The molecule has 0 aromatic rings. The molecule has 0 heterocycles. The molecule has 1 nitrogen and oxygen atoms in total. The van der Waals surface area contributed by atoms with Crippen LogP contribution in [-0.4, -0.2) is 36.0 Å². The Labute approximate surface area is 153 Å². The molecule has 0 atom stereocenters. The molecule has 0 bridgehead atoms. The Hall–Kier alpha value is 0.920. The summed E-state index contributed by atoms with van der Waals surface area (Å²) in [7, 11) is 0. The van der Waals surface area contributed by atoms with Crippen LogP contribution in [0.25, 0.3) is 0 Å². The molecule has 0 fully saturated rings. The van der Waals surface area contributed by atoms with Gasteiger partial charge in [-0.25, -0.2) is 0 Å². The molecule has 0 amide bonds. The van der Waals surface area contributed by atoms with Crippen molar-refractivity contribution >= 4 is 15.9 Å². The molecule has 0 aliphatic heterocycles. The largest absolute Gasteiger partial charge is 1.00 e. The Morgan fingerprint density at radius 1 is 0.571 bits per heavy atom. The highest BCUT2D eigenvalue weighted by Crippen LogP contribution is 2.17. The highest BCUT2D eigenvalue weighted by molar-refractivity contribution is 9.09. The Balaban J connectivity index is 0. The zero-order valence-electron chi connectivity index (χ0n) is 14.8. The van der Waals surface area contributed by atoms with Crippen molar-refractivity contribution in [2.75, 3.05) is 31.5 Å². The molecular weight excluding hydrogens is 390 g/mol. The van der Waals surface area contributed by atoms with Gasteiger partial charge in [-0.2, -0.15) is 0 Å². The highest BCUT2D eigenvalue weighted by Gasteiger charge is 2.25. The van der Waals surface area contributed by atoms with E-state index in [1.807, 2.05) is 0 Å². The van der Waals surface area contributed by atoms with Crippen molar-refractivity contribution in [3.63, 3.8) is 0 Å². The SMILES string of the molecule is CCCCC[N+](CCCC)(CCCCC)CCCCBr.[Br-]. The van der Waals surface area contributed by atoms with Crippen LogP contribution in [0.4, 0.5) is 0 Å². The van der Waals surface area contributed by atoms with Crippen molar-refractivity contribution in [1.29, 1.82) is 0 Å². The zero-order chi connectivity index (χ0) is 15.1. The molecule has 0 aliphatic rings. The lowest BCUT2D eigenvalue weighted by Gasteiger charge is -2.39. The number of halogens is 2. The molecule has 130 valence electrons. The van der Waals surface area contributed by atoms with Crippen LogP contribution in [-0.2, 0) is 0 Å². The van der Waals surface area contributed by atoms with Gasteiger partial charge in [0.25, 0.3) is 0 Å². The average molecular weight is 429 g/mol. The van der Waals surface area contributed by atoms with Gasteiger partial charge in [0.2, 0.25) is 0 Å². The minimum atomic E-state index is 0. The normalized spacial score (nSPS) is 11.4. The fourth-order valence-electron chi connectivity index (χ4n) is 3.10. The molecule has 0 radical (unpaired) electrons. The first kappa shape index (κ1) is 24.2. The number of alkyl halides is 1. The summed E-state index contributed by atoms with van der Waals surface area (Å²) < 4.78 is 1.42. The van der Waals surface area contributed by atoms with E-state index < -0.39 is 0 Å². The van der Waals surface area contributed by atoms with Gasteiger partial charge in [0.15, 0.2) is 0 Å². The first-order valence-corrected chi connectivity index (χ1v) is 10.3. The van der Waals surface area contributed by atoms with Crippen LogP contribution >= 0.6 is 15.9 Å². The summed E-state index contributed by atoms with van der Waals surface area (Å²) >= 11 is 3.59. The van der Waals surface area contributed by atoms with E-state index in [2.05, 4.69) is 36.7 Å². The molecule has 21 heavy (non-hydrogen) atoms. The Bertz CT molecular complexity index is 171. The molecule has 0 aliphatic carbocycles. The molecule has 0 aromatic heterocycles. The van der Waals surface area contributed by atoms with Gasteiger partial charge in [0, 0.05) is 5.33 Å². The second-order valence-corrected chi connectivity index (χ2v) is 7.19. The van der Waals surface area contributed by atoms with Gasteiger partial charge in [0.1, 0.15) is 0 Å². The number of quaternary nitrogens is 1. The van der Waals surface area contributed by atoms with E-state index in [0.717, 1.165) is 0 Å². The summed E-state index contributed by atoms with van der Waals surface area (Å²) in [5, 5.41) is 1.17. The molecule has 0 saturated carbocycles. The third kappa shape index (κ3) is 13.1. The van der Waals surface area contributed by atoms with Gasteiger partial charge in [0.05, 0.1) is 26.2 Å². The summed E-state index contributed by atoms with van der Waals surface area (Å²) in [6, 6.07) is 0. The first-order valence-electron chi connectivity index (χ1n) is 9.15. The van der Waals surface area contributed by atoms with Crippen LogP contribution < -0.4 is 17.0 Å². The highest BCUT2D eigenvalue weighted by atomic mass is 79.9. The van der Waals surface area contributed by atoms with Crippen LogP contribution in [0.3, 0.4) is 0 Å². The van der Waals surface area contributed by atoms with Crippen LogP contribution in [0.15, 0.2) is 0 Å². The van der Waals surface area contributed by atoms with Crippen LogP contribution in [0.5, 0.6) is 0 Å². The number of rotatable bonds is 15. The fourth-order valence-corrected chi connectivity index (χ4v) is 3.50. The molecule has 0 rings (SSSR count). The van der Waals surface area contributed by atoms with Crippen LogP contribution in [0.2, 0.25) is 0 Å². The van der Waals surface area contributed by atoms with Gasteiger partial charge in [-0.05, 0) is 44.9 Å². The monoisotopic (exact) mass is 427 g/mol. The Morgan fingerprint density at radius 3 is 1.33 bits per heavy atom. The van der Waals surface area contributed by atoms with E-state index in [1.54, 1.807) is 0 Å². The summed E-state index contributed by atoms with van der Waals surface area (Å²) in [4.78, 5) is 0. The second-order valence-electron chi connectivity index (χ2n) is 6.40. The minimum absolute atomic E-state index is 0. The van der Waals surface area contributed by atoms with Crippen molar-refractivity contribution in [3.05, 3.63) is 0 Å². The van der Waals surface area contributed by atoms with E-state index in [9.17, 15) is 0 Å². The minimum Gasteiger partial charge on any atom is -1.00 e. The zero-order valence-corrected chi connectivity index (χ0v) is 18.0. The lowest BCUT2D eigenvalue weighted by molar-refractivity contribution is -0.929. The summed E-state index contributed by atoms with van der Waals surface area (Å²) in [5.74, 6) is 0. The third-order valence-electron chi connectivity index (χ3n) is 4.47. The third-order valence-corrected chi connectivity index (χ3v) is 5.03. The van der Waals surface area contributed by atoms with Crippen LogP contribution in [0, 0.1) is 0 Å². The van der Waals surface area contributed by atoms with E-state index in [1.165, 1.54) is 100 Å². The number of nitrogens with zero attached hydrogens (tertiary/aromatic N) is 1. The van der Waals surface area contributed by atoms with Gasteiger partial charge in [-0.15, -0.1) is 0 Å². The molecular formula is C18H39Br2N. The van der Waals surface area contributed by atoms with Crippen molar-refractivity contribution in [1.82, 2.24) is 0 Å². The predicted molar refractivity (Wildman–Crippen MR) is 96.7 cm³/mol. The summed E-state index contributed by atoms with van der Waals surface area (Å²) in [6.45, 7) is 12.7. The maximum atomic E-state index is 3.59. The number of hydrogen-bond acceptors (Lipinski definition) is 0. The van der Waals surface area contributed by atoms with Gasteiger partial charge in [-0.3, -0.25) is 0 Å². The topological polar surface area (TPSA) is 0 Å². The quantitative estimate of drug-likeness (QED) is 0.213. The standard InChI is InChI=1S/C18H39BrN.BrH/c1-4-7-11-16-20(15-9-6-3,17-12-8-5-2)18-13-10-14-19;/h4-18H2,1-3H3;1H/q+1;/p-1.